The SMILES string of the molecule is CC(C)OC(=O)[C@H](C#N)NC=O. The summed E-state index contributed by atoms with van der Waals surface area (Å²) in [5.41, 5.74) is 0. The summed E-state index contributed by atoms with van der Waals surface area (Å²) in [4.78, 5) is 20.8. The van der Waals surface area contributed by atoms with Crippen LogP contribution in [0.25, 0.3) is 0 Å². The fourth-order valence-electron chi connectivity index (χ4n) is 0.526. The monoisotopic (exact) mass is 170 g/mol. The second-order valence-corrected chi connectivity index (χ2v) is 2.33. The highest BCUT2D eigenvalue weighted by atomic mass is 16.5. The highest BCUT2D eigenvalue weighted by Gasteiger charge is 2.18. The van der Waals surface area contributed by atoms with Crippen molar-refractivity contribution in [3.8, 4) is 6.07 Å². The summed E-state index contributed by atoms with van der Waals surface area (Å²) in [7, 11) is 0. The lowest BCUT2D eigenvalue weighted by molar-refractivity contribution is -0.149. The van der Waals surface area contributed by atoms with E-state index in [-0.39, 0.29) is 12.5 Å². The van der Waals surface area contributed by atoms with Crippen LogP contribution >= 0.6 is 0 Å². The molecule has 0 saturated carbocycles. The van der Waals surface area contributed by atoms with E-state index in [0.29, 0.717) is 0 Å². The lowest BCUT2D eigenvalue weighted by atomic mass is 10.3. The van der Waals surface area contributed by atoms with Crippen molar-refractivity contribution in [3.63, 3.8) is 0 Å². The Morgan fingerprint density at radius 2 is 2.25 bits per heavy atom. The second kappa shape index (κ2) is 5.13. The van der Waals surface area contributed by atoms with Gasteiger partial charge < -0.3 is 10.1 Å². The third-order valence-corrected chi connectivity index (χ3v) is 0.951. The first kappa shape index (κ1) is 10.4. The van der Waals surface area contributed by atoms with Gasteiger partial charge in [0, 0.05) is 0 Å². The lowest BCUT2D eigenvalue weighted by Gasteiger charge is -2.10. The summed E-state index contributed by atoms with van der Waals surface area (Å²) in [6.45, 7) is 3.32. The first-order valence-corrected chi connectivity index (χ1v) is 3.41. The van der Waals surface area contributed by atoms with Gasteiger partial charge in [0.05, 0.1) is 12.2 Å². The number of hydrogen-bond donors (Lipinski definition) is 1. The summed E-state index contributed by atoms with van der Waals surface area (Å²) in [5, 5.41) is 10.4. The van der Waals surface area contributed by atoms with Crippen LogP contribution in [0.1, 0.15) is 13.8 Å². The smallest absolute Gasteiger partial charge is 0.343 e. The summed E-state index contributed by atoms with van der Waals surface area (Å²) in [5.74, 6) is -0.736. The van der Waals surface area contributed by atoms with Gasteiger partial charge in [0.25, 0.3) is 0 Å². The Hall–Kier alpha value is -1.57. The zero-order valence-electron chi connectivity index (χ0n) is 6.90. The molecule has 12 heavy (non-hydrogen) atoms. The summed E-state index contributed by atoms with van der Waals surface area (Å²) in [6, 6.07) is 0.387. The van der Waals surface area contributed by atoms with Gasteiger partial charge >= 0.3 is 5.97 Å². The van der Waals surface area contributed by atoms with Crippen molar-refractivity contribution < 1.29 is 14.3 Å². The van der Waals surface area contributed by atoms with Gasteiger partial charge in [-0.15, -0.1) is 0 Å². The Kier molecular flexibility index (Phi) is 4.46. The van der Waals surface area contributed by atoms with E-state index in [1.165, 1.54) is 0 Å². The molecule has 1 amide bonds. The Morgan fingerprint density at radius 3 is 2.58 bits per heavy atom. The number of nitriles is 1. The highest BCUT2D eigenvalue weighted by Crippen LogP contribution is 1.92. The topological polar surface area (TPSA) is 79.2 Å². The molecule has 0 unspecified atom stereocenters. The van der Waals surface area contributed by atoms with Crippen molar-refractivity contribution in [2.24, 2.45) is 0 Å². The molecule has 5 heteroatoms. The van der Waals surface area contributed by atoms with E-state index >= 15 is 0 Å². The Bertz CT molecular complexity index is 207. The molecule has 0 aromatic carbocycles. The molecular weight excluding hydrogens is 160 g/mol. The van der Waals surface area contributed by atoms with Crippen LogP contribution < -0.4 is 5.32 Å². The molecule has 66 valence electrons. The summed E-state index contributed by atoms with van der Waals surface area (Å²) in [6.07, 6.45) is -0.00282. The van der Waals surface area contributed by atoms with E-state index in [4.69, 9.17) is 5.26 Å². The molecule has 0 aromatic rings. The summed E-state index contributed by atoms with van der Waals surface area (Å²) >= 11 is 0. The second-order valence-electron chi connectivity index (χ2n) is 2.33. The number of carbonyl (C=O) groups is 2. The van der Waals surface area contributed by atoms with Crippen molar-refractivity contribution in [1.82, 2.24) is 5.32 Å². The molecule has 0 aliphatic rings. The van der Waals surface area contributed by atoms with Crippen molar-refractivity contribution in [1.29, 1.82) is 5.26 Å². The molecule has 0 rings (SSSR count). The molecule has 0 aromatic heterocycles. The number of carbonyl (C=O) groups excluding carboxylic acids is 2. The fraction of sp³-hybridized carbons (Fsp3) is 0.571. The van der Waals surface area contributed by atoms with Crippen molar-refractivity contribution in [2.45, 2.75) is 26.0 Å². The Morgan fingerprint density at radius 1 is 1.67 bits per heavy atom. The van der Waals surface area contributed by atoms with E-state index in [2.05, 4.69) is 4.74 Å². The van der Waals surface area contributed by atoms with Crippen LogP contribution in [0.5, 0.6) is 0 Å². The zero-order chi connectivity index (χ0) is 9.56. The van der Waals surface area contributed by atoms with Crippen LogP contribution in [0.15, 0.2) is 0 Å². The highest BCUT2D eigenvalue weighted by molar-refractivity contribution is 5.81. The molecule has 0 saturated heterocycles. The molecule has 0 aliphatic heterocycles. The predicted octanol–water partition coefficient (Wildman–Crippen LogP) is -0.424. The molecule has 0 spiro atoms. The fourth-order valence-corrected chi connectivity index (χ4v) is 0.526. The number of amides is 1. The lowest BCUT2D eigenvalue weighted by Crippen LogP contribution is -2.36. The van der Waals surface area contributed by atoms with E-state index < -0.39 is 12.0 Å². The predicted molar refractivity (Wildman–Crippen MR) is 39.8 cm³/mol. The van der Waals surface area contributed by atoms with Gasteiger partial charge in [-0.3, -0.25) is 4.79 Å². The van der Waals surface area contributed by atoms with Gasteiger partial charge in [-0.2, -0.15) is 5.26 Å². The van der Waals surface area contributed by atoms with E-state index in [1.807, 2.05) is 5.32 Å². The molecule has 0 radical (unpaired) electrons. The van der Waals surface area contributed by atoms with E-state index in [0.717, 1.165) is 0 Å². The number of rotatable bonds is 4. The largest absolute Gasteiger partial charge is 0.461 e. The molecule has 1 atom stereocenters. The standard InChI is InChI=1S/C7H10N2O3/c1-5(2)12-7(11)6(3-8)9-4-10/h4-6H,1-2H3,(H,9,10)/t6-/m0/s1. The molecule has 0 heterocycles. The Balaban J connectivity index is 4.05. The van der Waals surface area contributed by atoms with Crippen LogP contribution in [0.3, 0.4) is 0 Å². The van der Waals surface area contributed by atoms with Crippen molar-refractivity contribution in [3.05, 3.63) is 0 Å². The van der Waals surface area contributed by atoms with E-state index in [1.54, 1.807) is 19.9 Å². The molecule has 0 bridgehead atoms. The number of esters is 1. The normalized spacial score (nSPS) is 11.5. The van der Waals surface area contributed by atoms with Crippen LogP contribution in [-0.2, 0) is 14.3 Å². The number of nitrogens with zero attached hydrogens (tertiary/aromatic N) is 1. The maximum Gasteiger partial charge on any atom is 0.343 e. The van der Waals surface area contributed by atoms with Gasteiger partial charge in [0.15, 0.2) is 0 Å². The summed E-state index contributed by atoms with van der Waals surface area (Å²) < 4.78 is 4.67. The minimum Gasteiger partial charge on any atom is -0.461 e. The van der Waals surface area contributed by atoms with Gasteiger partial charge in [0.2, 0.25) is 12.5 Å². The van der Waals surface area contributed by atoms with Gasteiger partial charge in [-0.05, 0) is 13.8 Å². The average Bonchev–Trinajstić information content (AvgIpc) is 1.98. The van der Waals surface area contributed by atoms with Gasteiger partial charge in [-0.25, -0.2) is 4.79 Å². The maximum absolute atomic E-state index is 10.9. The Labute approximate surface area is 70.3 Å². The van der Waals surface area contributed by atoms with Crippen LogP contribution in [0.2, 0.25) is 0 Å². The minimum absolute atomic E-state index is 0.287. The molecule has 0 aliphatic carbocycles. The maximum atomic E-state index is 10.9. The number of nitrogens with one attached hydrogen (secondary N) is 1. The molecule has 5 nitrogen and oxygen atoms in total. The zero-order valence-corrected chi connectivity index (χ0v) is 6.90. The van der Waals surface area contributed by atoms with Crippen LogP contribution in [0, 0.1) is 11.3 Å². The molecule has 0 fully saturated rings. The first-order valence-electron chi connectivity index (χ1n) is 3.41. The first-order chi connectivity index (χ1) is 5.61. The third kappa shape index (κ3) is 3.56. The van der Waals surface area contributed by atoms with Crippen LogP contribution in [-0.4, -0.2) is 24.5 Å². The molecular formula is C7H10N2O3. The third-order valence-electron chi connectivity index (χ3n) is 0.951. The van der Waals surface area contributed by atoms with Crippen molar-refractivity contribution in [2.75, 3.05) is 0 Å². The van der Waals surface area contributed by atoms with E-state index in [9.17, 15) is 9.59 Å². The number of hydrogen-bond acceptors (Lipinski definition) is 4. The number of ether oxygens (including phenoxy) is 1. The van der Waals surface area contributed by atoms with Gasteiger partial charge in [0.1, 0.15) is 0 Å². The quantitative estimate of drug-likeness (QED) is 0.459. The molecule has 1 N–H and O–H groups in total. The van der Waals surface area contributed by atoms with Crippen molar-refractivity contribution >= 4 is 12.4 Å². The van der Waals surface area contributed by atoms with Crippen LogP contribution in [0.4, 0.5) is 0 Å². The van der Waals surface area contributed by atoms with Gasteiger partial charge in [-0.1, -0.05) is 0 Å². The minimum atomic E-state index is -1.20. The average molecular weight is 170 g/mol.